The second-order valence-corrected chi connectivity index (χ2v) is 4.25. The number of esters is 1. The molecule has 104 valence electrons. The fourth-order valence-corrected chi connectivity index (χ4v) is 1.27. The minimum absolute atomic E-state index is 0.112. The third-order valence-electron chi connectivity index (χ3n) is 2.38. The summed E-state index contributed by atoms with van der Waals surface area (Å²) in [6, 6.07) is -1.49. The maximum Gasteiger partial charge on any atom is 0.328 e. The van der Waals surface area contributed by atoms with Crippen LogP contribution < -0.4 is 16.4 Å². The molecule has 0 bridgehead atoms. The third kappa shape index (κ3) is 5.13. The molecule has 0 aromatic rings. The quantitative estimate of drug-likeness (QED) is 0.517. The summed E-state index contributed by atoms with van der Waals surface area (Å²) in [4.78, 5) is 34.2. The summed E-state index contributed by atoms with van der Waals surface area (Å²) in [5.41, 5.74) is 5.12. The summed E-state index contributed by atoms with van der Waals surface area (Å²) in [7, 11) is 1.25. The monoisotopic (exact) mass is 259 g/mol. The lowest BCUT2D eigenvalue weighted by Crippen LogP contribution is -2.53. The van der Waals surface area contributed by atoms with Crippen LogP contribution in [0.25, 0.3) is 0 Å². The van der Waals surface area contributed by atoms with E-state index in [4.69, 9.17) is 5.73 Å². The van der Waals surface area contributed by atoms with Gasteiger partial charge in [-0.05, 0) is 12.8 Å². The van der Waals surface area contributed by atoms with Crippen LogP contribution in [0.1, 0.15) is 20.8 Å². The number of carbonyl (C=O) groups excluding carboxylic acids is 3. The molecule has 0 saturated heterocycles. The second kappa shape index (κ2) is 7.65. The minimum atomic E-state index is -0.757. The number of methoxy groups -OCH3 is 1. The van der Waals surface area contributed by atoms with E-state index in [1.165, 1.54) is 14.0 Å². The highest BCUT2D eigenvalue weighted by molar-refractivity contribution is 5.90. The highest BCUT2D eigenvalue weighted by Gasteiger charge is 2.27. The van der Waals surface area contributed by atoms with Gasteiger partial charge in [-0.3, -0.25) is 9.59 Å². The molecular formula is C11H21N3O4. The molecule has 0 heterocycles. The first-order valence-corrected chi connectivity index (χ1v) is 5.71. The van der Waals surface area contributed by atoms with Crippen molar-refractivity contribution >= 4 is 17.8 Å². The number of nitrogens with one attached hydrogen (secondary N) is 2. The lowest BCUT2D eigenvalue weighted by Gasteiger charge is -2.22. The van der Waals surface area contributed by atoms with Gasteiger partial charge in [0, 0.05) is 0 Å². The first-order valence-electron chi connectivity index (χ1n) is 5.71. The molecule has 2 atom stereocenters. The van der Waals surface area contributed by atoms with Crippen molar-refractivity contribution in [3.63, 3.8) is 0 Å². The minimum Gasteiger partial charge on any atom is -0.467 e. The van der Waals surface area contributed by atoms with E-state index in [2.05, 4.69) is 15.4 Å². The fraction of sp³-hybridized carbons (Fsp3) is 0.727. The maximum absolute atomic E-state index is 11.8. The Morgan fingerprint density at radius 3 is 2.11 bits per heavy atom. The average molecular weight is 259 g/mol. The molecule has 0 aliphatic rings. The second-order valence-electron chi connectivity index (χ2n) is 4.25. The predicted molar refractivity (Wildman–Crippen MR) is 65.4 cm³/mol. The van der Waals surface area contributed by atoms with Crippen molar-refractivity contribution in [1.82, 2.24) is 10.6 Å². The van der Waals surface area contributed by atoms with Crippen molar-refractivity contribution < 1.29 is 19.1 Å². The Morgan fingerprint density at radius 2 is 1.72 bits per heavy atom. The van der Waals surface area contributed by atoms with Gasteiger partial charge in [0.1, 0.15) is 12.1 Å². The standard InChI is InChI=1S/C11H21N3O4/c1-6(2)9(11(17)18-4)14-10(16)7(3)13-8(15)5-12/h6-7,9H,5,12H2,1-4H3,(H,13,15)(H,14,16)/t7-,9-/m0/s1. The summed E-state index contributed by atoms with van der Waals surface area (Å²) in [6.07, 6.45) is 0. The Kier molecular flexibility index (Phi) is 6.96. The van der Waals surface area contributed by atoms with Crippen LogP contribution >= 0.6 is 0 Å². The molecule has 4 N–H and O–H groups in total. The Bertz CT molecular complexity index is 317. The van der Waals surface area contributed by atoms with E-state index in [0.717, 1.165) is 0 Å². The predicted octanol–water partition coefficient (Wildman–Crippen LogP) is -1.24. The Hall–Kier alpha value is -1.63. The van der Waals surface area contributed by atoms with Gasteiger partial charge in [-0.2, -0.15) is 0 Å². The molecule has 7 nitrogen and oxygen atoms in total. The molecule has 0 radical (unpaired) electrons. The van der Waals surface area contributed by atoms with Crippen molar-refractivity contribution in [3.05, 3.63) is 0 Å². The van der Waals surface area contributed by atoms with E-state index >= 15 is 0 Å². The number of ether oxygens (including phenoxy) is 1. The molecule has 0 fully saturated rings. The van der Waals surface area contributed by atoms with Gasteiger partial charge in [-0.1, -0.05) is 13.8 Å². The topological polar surface area (TPSA) is 111 Å². The van der Waals surface area contributed by atoms with Crippen LogP contribution in [0.3, 0.4) is 0 Å². The summed E-state index contributed by atoms with van der Waals surface area (Å²) < 4.78 is 4.60. The van der Waals surface area contributed by atoms with Gasteiger partial charge >= 0.3 is 5.97 Å². The zero-order valence-electron chi connectivity index (χ0n) is 11.1. The average Bonchev–Trinajstić information content (AvgIpc) is 2.33. The SMILES string of the molecule is COC(=O)[C@@H](NC(=O)[C@H](C)NC(=O)CN)C(C)C. The summed E-state index contributed by atoms with van der Waals surface area (Å²) in [6.45, 7) is 4.88. The number of hydrogen-bond acceptors (Lipinski definition) is 5. The molecule has 0 rings (SSSR count). The molecule has 18 heavy (non-hydrogen) atoms. The van der Waals surface area contributed by atoms with Gasteiger partial charge < -0.3 is 21.1 Å². The zero-order valence-corrected chi connectivity index (χ0v) is 11.1. The van der Waals surface area contributed by atoms with Gasteiger partial charge in [0.05, 0.1) is 13.7 Å². The van der Waals surface area contributed by atoms with Gasteiger partial charge in [0.15, 0.2) is 0 Å². The summed E-state index contributed by atoms with van der Waals surface area (Å²) in [5, 5.41) is 4.93. The number of hydrogen-bond donors (Lipinski definition) is 3. The first kappa shape index (κ1) is 16.4. The van der Waals surface area contributed by atoms with E-state index in [9.17, 15) is 14.4 Å². The van der Waals surface area contributed by atoms with E-state index in [1.54, 1.807) is 13.8 Å². The molecule has 0 saturated carbocycles. The van der Waals surface area contributed by atoms with Crippen molar-refractivity contribution in [3.8, 4) is 0 Å². The molecule has 0 aromatic heterocycles. The van der Waals surface area contributed by atoms with E-state index in [-0.39, 0.29) is 12.5 Å². The van der Waals surface area contributed by atoms with E-state index in [1.807, 2.05) is 0 Å². The summed E-state index contributed by atoms with van der Waals surface area (Å²) >= 11 is 0. The lowest BCUT2D eigenvalue weighted by molar-refractivity contribution is -0.146. The van der Waals surface area contributed by atoms with Crippen LogP contribution in [0.4, 0.5) is 0 Å². The molecule has 0 unspecified atom stereocenters. The molecule has 0 spiro atoms. The van der Waals surface area contributed by atoms with E-state index < -0.39 is 29.9 Å². The largest absolute Gasteiger partial charge is 0.467 e. The van der Waals surface area contributed by atoms with Gasteiger partial charge in [0.25, 0.3) is 0 Å². The summed E-state index contributed by atoms with van der Waals surface area (Å²) in [5.74, 6) is -1.52. The molecule has 7 heteroatoms. The number of amides is 2. The van der Waals surface area contributed by atoms with Crippen molar-refractivity contribution in [2.45, 2.75) is 32.9 Å². The lowest BCUT2D eigenvalue weighted by atomic mass is 10.0. The number of carbonyl (C=O) groups is 3. The fourth-order valence-electron chi connectivity index (χ4n) is 1.27. The number of rotatable bonds is 6. The van der Waals surface area contributed by atoms with Crippen LogP contribution in [-0.4, -0.2) is 43.5 Å². The first-order chi connectivity index (χ1) is 8.33. The van der Waals surface area contributed by atoms with Crippen LogP contribution in [-0.2, 0) is 19.1 Å². The molecule has 0 aliphatic heterocycles. The highest BCUT2D eigenvalue weighted by Crippen LogP contribution is 2.03. The third-order valence-corrected chi connectivity index (χ3v) is 2.38. The molecule has 2 amide bonds. The van der Waals surface area contributed by atoms with Crippen LogP contribution in [0.2, 0.25) is 0 Å². The van der Waals surface area contributed by atoms with Crippen molar-refractivity contribution in [2.75, 3.05) is 13.7 Å². The smallest absolute Gasteiger partial charge is 0.328 e. The van der Waals surface area contributed by atoms with Crippen LogP contribution in [0.15, 0.2) is 0 Å². The normalized spacial score (nSPS) is 13.7. The Labute approximate surface area is 106 Å². The van der Waals surface area contributed by atoms with Crippen molar-refractivity contribution in [2.24, 2.45) is 11.7 Å². The maximum atomic E-state index is 11.8. The van der Waals surface area contributed by atoms with Crippen LogP contribution in [0.5, 0.6) is 0 Å². The van der Waals surface area contributed by atoms with Crippen molar-refractivity contribution in [1.29, 1.82) is 0 Å². The molecule has 0 aromatic carbocycles. The highest BCUT2D eigenvalue weighted by atomic mass is 16.5. The van der Waals surface area contributed by atoms with Gasteiger partial charge in [-0.25, -0.2) is 4.79 Å². The Balaban J connectivity index is 4.50. The zero-order chi connectivity index (χ0) is 14.3. The number of nitrogens with two attached hydrogens (primary N) is 1. The molecule has 0 aliphatic carbocycles. The van der Waals surface area contributed by atoms with Crippen LogP contribution in [0, 0.1) is 5.92 Å². The molecular weight excluding hydrogens is 238 g/mol. The van der Waals surface area contributed by atoms with E-state index in [0.29, 0.717) is 0 Å². The van der Waals surface area contributed by atoms with Gasteiger partial charge in [-0.15, -0.1) is 0 Å². The Morgan fingerprint density at radius 1 is 1.17 bits per heavy atom. The van der Waals surface area contributed by atoms with Gasteiger partial charge in [0.2, 0.25) is 11.8 Å².